The molecule has 2 rings (SSSR count). The highest BCUT2D eigenvalue weighted by atomic mass is 16.1. The molecular formula is C16H12N4O. The molecule has 21 heavy (non-hydrogen) atoms. The summed E-state index contributed by atoms with van der Waals surface area (Å²) in [5.41, 5.74) is 7.42. The molecule has 5 heteroatoms. The zero-order valence-electron chi connectivity index (χ0n) is 11.1. The zero-order valence-corrected chi connectivity index (χ0v) is 11.1. The fourth-order valence-corrected chi connectivity index (χ4v) is 1.66. The predicted octanol–water partition coefficient (Wildman–Crippen LogP) is 1.52. The Kier molecular flexibility index (Phi) is 4.66. The molecule has 0 bridgehead atoms. The molecule has 1 aromatic heterocycles. The van der Waals surface area contributed by atoms with Crippen molar-refractivity contribution < 1.29 is 4.79 Å². The molecule has 0 radical (unpaired) electrons. The van der Waals surface area contributed by atoms with E-state index in [9.17, 15) is 4.79 Å². The minimum Gasteiger partial charge on any atom is -0.322 e. The van der Waals surface area contributed by atoms with Crippen LogP contribution in [0, 0.1) is 23.2 Å². The average Bonchev–Trinajstić information content (AvgIpc) is 2.54. The SMILES string of the molecule is N#Cc1ccc(NC(=O)c2ccncc2C#CCN)cc1. The lowest BCUT2D eigenvalue weighted by atomic mass is 10.1. The van der Waals surface area contributed by atoms with Crippen LogP contribution in [0.4, 0.5) is 5.69 Å². The number of nitriles is 1. The molecule has 3 N–H and O–H groups in total. The summed E-state index contributed by atoms with van der Waals surface area (Å²) in [4.78, 5) is 16.2. The summed E-state index contributed by atoms with van der Waals surface area (Å²) in [5, 5.41) is 11.5. The van der Waals surface area contributed by atoms with Gasteiger partial charge in [0.1, 0.15) is 0 Å². The van der Waals surface area contributed by atoms with Gasteiger partial charge in [0.2, 0.25) is 0 Å². The topological polar surface area (TPSA) is 91.8 Å². The molecule has 1 aromatic carbocycles. The van der Waals surface area contributed by atoms with Crippen molar-refractivity contribution in [2.24, 2.45) is 5.73 Å². The van der Waals surface area contributed by atoms with Gasteiger partial charge in [-0.05, 0) is 30.3 Å². The molecule has 0 unspecified atom stereocenters. The van der Waals surface area contributed by atoms with E-state index in [2.05, 4.69) is 22.1 Å². The summed E-state index contributed by atoms with van der Waals surface area (Å²) in [6.45, 7) is 0.214. The monoisotopic (exact) mass is 276 g/mol. The molecule has 0 aliphatic carbocycles. The molecule has 1 heterocycles. The van der Waals surface area contributed by atoms with Crippen LogP contribution in [0.2, 0.25) is 0 Å². The van der Waals surface area contributed by atoms with Gasteiger partial charge in [0.05, 0.1) is 29.3 Å². The molecule has 0 atom stereocenters. The molecule has 102 valence electrons. The van der Waals surface area contributed by atoms with E-state index in [1.807, 2.05) is 6.07 Å². The van der Waals surface area contributed by atoms with Crippen LogP contribution in [0.3, 0.4) is 0 Å². The fourth-order valence-electron chi connectivity index (χ4n) is 1.66. The van der Waals surface area contributed by atoms with E-state index < -0.39 is 0 Å². The number of amides is 1. The fraction of sp³-hybridized carbons (Fsp3) is 0.0625. The molecule has 0 saturated heterocycles. The number of benzene rings is 1. The molecule has 1 amide bonds. The van der Waals surface area contributed by atoms with Crippen LogP contribution in [0.5, 0.6) is 0 Å². The van der Waals surface area contributed by atoms with Gasteiger partial charge >= 0.3 is 0 Å². The van der Waals surface area contributed by atoms with Crippen LogP contribution in [0.25, 0.3) is 0 Å². The second kappa shape index (κ2) is 6.85. The Morgan fingerprint density at radius 2 is 2.05 bits per heavy atom. The Morgan fingerprint density at radius 3 is 2.71 bits per heavy atom. The second-order valence-corrected chi connectivity index (χ2v) is 4.07. The summed E-state index contributed by atoms with van der Waals surface area (Å²) >= 11 is 0. The molecule has 0 saturated carbocycles. The maximum absolute atomic E-state index is 12.2. The van der Waals surface area contributed by atoms with Crippen molar-refractivity contribution in [2.75, 3.05) is 11.9 Å². The Bertz CT molecular complexity index is 748. The van der Waals surface area contributed by atoms with Crippen molar-refractivity contribution >= 4 is 11.6 Å². The van der Waals surface area contributed by atoms with Gasteiger partial charge in [-0.2, -0.15) is 5.26 Å². The maximum atomic E-state index is 12.2. The summed E-state index contributed by atoms with van der Waals surface area (Å²) in [5.74, 6) is 5.23. The summed E-state index contributed by atoms with van der Waals surface area (Å²) in [6, 6.07) is 10.2. The highest BCUT2D eigenvalue weighted by Gasteiger charge is 2.10. The number of hydrogen-bond donors (Lipinski definition) is 2. The third-order valence-corrected chi connectivity index (χ3v) is 2.66. The van der Waals surface area contributed by atoms with Crippen molar-refractivity contribution in [3.63, 3.8) is 0 Å². The molecule has 0 aliphatic heterocycles. The maximum Gasteiger partial charge on any atom is 0.257 e. The van der Waals surface area contributed by atoms with Crippen LogP contribution in [-0.2, 0) is 0 Å². The number of nitrogens with two attached hydrogens (primary N) is 1. The molecule has 2 aromatic rings. The lowest BCUT2D eigenvalue weighted by molar-refractivity contribution is 0.102. The minimum absolute atomic E-state index is 0.214. The van der Waals surface area contributed by atoms with E-state index in [1.165, 1.54) is 12.4 Å². The molecule has 0 aliphatic rings. The number of pyridine rings is 1. The van der Waals surface area contributed by atoms with Gasteiger partial charge in [-0.1, -0.05) is 11.8 Å². The van der Waals surface area contributed by atoms with Crippen molar-refractivity contribution in [2.45, 2.75) is 0 Å². The number of nitrogens with one attached hydrogen (secondary N) is 1. The first-order valence-corrected chi connectivity index (χ1v) is 6.19. The number of hydrogen-bond acceptors (Lipinski definition) is 4. The van der Waals surface area contributed by atoms with Gasteiger partial charge in [0.15, 0.2) is 0 Å². The predicted molar refractivity (Wildman–Crippen MR) is 79.3 cm³/mol. The molecular weight excluding hydrogens is 264 g/mol. The van der Waals surface area contributed by atoms with Crippen molar-refractivity contribution in [3.8, 4) is 17.9 Å². The first-order chi connectivity index (χ1) is 10.2. The zero-order chi connectivity index (χ0) is 15.1. The lowest BCUT2D eigenvalue weighted by Gasteiger charge is -2.06. The van der Waals surface area contributed by atoms with Crippen LogP contribution < -0.4 is 11.1 Å². The van der Waals surface area contributed by atoms with Crippen molar-refractivity contribution in [1.29, 1.82) is 5.26 Å². The van der Waals surface area contributed by atoms with Crippen LogP contribution >= 0.6 is 0 Å². The number of carbonyl (C=O) groups excluding carboxylic acids is 1. The first kappa shape index (κ1) is 14.3. The Morgan fingerprint density at radius 1 is 1.29 bits per heavy atom. The number of rotatable bonds is 2. The van der Waals surface area contributed by atoms with E-state index in [0.29, 0.717) is 22.4 Å². The number of nitrogens with zero attached hydrogens (tertiary/aromatic N) is 2. The summed E-state index contributed by atoms with van der Waals surface area (Å²) in [7, 11) is 0. The van der Waals surface area contributed by atoms with Crippen molar-refractivity contribution in [1.82, 2.24) is 4.98 Å². The van der Waals surface area contributed by atoms with Crippen molar-refractivity contribution in [3.05, 3.63) is 59.4 Å². The molecule has 0 fully saturated rings. The van der Waals surface area contributed by atoms with Crippen LogP contribution in [0.1, 0.15) is 21.5 Å². The minimum atomic E-state index is -0.288. The highest BCUT2D eigenvalue weighted by molar-refractivity contribution is 6.05. The number of carbonyl (C=O) groups is 1. The van der Waals surface area contributed by atoms with Gasteiger partial charge in [0.25, 0.3) is 5.91 Å². The third kappa shape index (κ3) is 3.66. The normalized spacial score (nSPS) is 9.14. The first-order valence-electron chi connectivity index (χ1n) is 6.19. The van der Waals surface area contributed by atoms with E-state index >= 15 is 0 Å². The highest BCUT2D eigenvalue weighted by Crippen LogP contribution is 2.12. The summed E-state index contributed by atoms with van der Waals surface area (Å²) in [6.07, 6.45) is 3.05. The van der Waals surface area contributed by atoms with E-state index in [4.69, 9.17) is 11.0 Å². The largest absolute Gasteiger partial charge is 0.322 e. The van der Waals surface area contributed by atoms with Gasteiger partial charge in [0, 0.05) is 18.1 Å². The molecule has 5 nitrogen and oxygen atoms in total. The number of anilines is 1. The van der Waals surface area contributed by atoms with E-state index in [-0.39, 0.29) is 12.5 Å². The Hall–Kier alpha value is -3.15. The summed E-state index contributed by atoms with van der Waals surface area (Å²) < 4.78 is 0. The Labute approximate surface area is 122 Å². The van der Waals surface area contributed by atoms with Crippen LogP contribution in [0.15, 0.2) is 42.7 Å². The number of aromatic nitrogens is 1. The smallest absolute Gasteiger partial charge is 0.257 e. The van der Waals surface area contributed by atoms with Gasteiger partial charge < -0.3 is 11.1 Å². The van der Waals surface area contributed by atoms with E-state index in [0.717, 1.165) is 0 Å². The van der Waals surface area contributed by atoms with E-state index in [1.54, 1.807) is 30.3 Å². The quantitative estimate of drug-likeness (QED) is 0.813. The lowest BCUT2D eigenvalue weighted by Crippen LogP contribution is -2.13. The standard InChI is InChI=1S/C16H12N4O/c17-8-1-2-13-11-19-9-7-15(13)16(21)20-14-5-3-12(10-18)4-6-14/h3-7,9,11H,8,17H2,(H,20,21). The van der Waals surface area contributed by atoms with Gasteiger partial charge in [-0.15, -0.1) is 0 Å². The second-order valence-electron chi connectivity index (χ2n) is 4.07. The van der Waals surface area contributed by atoms with Crippen LogP contribution in [-0.4, -0.2) is 17.4 Å². The van der Waals surface area contributed by atoms with Gasteiger partial charge in [-0.3, -0.25) is 9.78 Å². The average molecular weight is 276 g/mol. The third-order valence-electron chi connectivity index (χ3n) is 2.66. The molecule has 0 spiro atoms. The van der Waals surface area contributed by atoms with Gasteiger partial charge in [-0.25, -0.2) is 0 Å². The Balaban J connectivity index is 2.22.